The third-order valence-corrected chi connectivity index (χ3v) is 9.22. The van der Waals surface area contributed by atoms with Gasteiger partial charge in [0.1, 0.15) is 17.8 Å². The number of anilines is 1. The van der Waals surface area contributed by atoms with Crippen LogP contribution in [0.3, 0.4) is 0 Å². The molecule has 0 bridgehead atoms. The number of carboxylic acids is 1. The van der Waals surface area contributed by atoms with E-state index in [1.807, 2.05) is 44.2 Å². The summed E-state index contributed by atoms with van der Waals surface area (Å²) in [5, 5.41) is 13.8. The third kappa shape index (κ3) is 7.71. The van der Waals surface area contributed by atoms with Gasteiger partial charge in [-0.2, -0.15) is 13.2 Å². The Balaban J connectivity index is 1.59. The summed E-state index contributed by atoms with van der Waals surface area (Å²) in [6, 6.07) is 31.9. The fourth-order valence-corrected chi connectivity index (χ4v) is 6.37. The zero-order valence-corrected chi connectivity index (χ0v) is 29.0. The Bertz CT molecular complexity index is 2040. The van der Waals surface area contributed by atoms with Crippen LogP contribution in [0, 0.1) is 0 Å². The summed E-state index contributed by atoms with van der Waals surface area (Å²) < 4.78 is 46.0. The van der Waals surface area contributed by atoms with E-state index < -0.39 is 29.0 Å². The van der Waals surface area contributed by atoms with Gasteiger partial charge in [-0.25, -0.2) is 0 Å². The molecule has 0 saturated heterocycles. The molecule has 5 aromatic rings. The second-order valence-corrected chi connectivity index (χ2v) is 12.1. The third-order valence-electron chi connectivity index (χ3n) is 9.22. The first-order valence-corrected chi connectivity index (χ1v) is 17.0. The minimum absolute atomic E-state index is 0.0925. The summed E-state index contributed by atoms with van der Waals surface area (Å²) in [6.45, 7) is 6.45. The lowest BCUT2D eigenvalue weighted by Gasteiger charge is -2.33. The highest BCUT2D eigenvalue weighted by Crippen LogP contribution is 2.42. The first-order valence-electron chi connectivity index (χ1n) is 17.0. The fourth-order valence-electron chi connectivity index (χ4n) is 6.37. The van der Waals surface area contributed by atoms with Gasteiger partial charge in [0.15, 0.2) is 0 Å². The monoisotopic (exact) mass is 708 g/mol. The summed E-state index contributed by atoms with van der Waals surface area (Å²) >= 11 is 0. The van der Waals surface area contributed by atoms with Crippen molar-refractivity contribution in [2.45, 2.75) is 45.4 Å². The molecule has 1 unspecified atom stereocenters. The summed E-state index contributed by atoms with van der Waals surface area (Å²) in [6.07, 6.45) is -4.41. The van der Waals surface area contributed by atoms with Gasteiger partial charge in [0.25, 0.3) is 11.8 Å². The molecule has 5 rings (SSSR count). The van der Waals surface area contributed by atoms with Crippen molar-refractivity contribution in [1.29, 1.82) is 0 Å². The number of hydrogen-bond acceptors (Lipinski definition) is 4. The number of carboxylic acid groups (broad SMARTS) is 1. The molecule has 1 atom stereocenters. The van der Waals surface area contributed by atoms with E-state index in [9.17, 15) is 32.7 Å². The molecule has 0 fully saturated rings. The molecular formula is C42H39F3N2O5. The summed E-state index contributed by atoms with van der Waals surface area (Å²) in [4.78, 5) is 42.6. The van der Waals surface area contributed by atoms with Crippen LogP contribution in [-0.2, 0) is 23.0 Å². The molecule has 7 nitrogen and oxygen atoms in total. The van der Waals surface area contributed by atoms with Crippen LogP contribution in [0.1, 0.15) is 70.2 Å². The number of aliphatic carboxylic acids is 1. The van der Waals surface area contributed by atoms with Crippen LogP contribution in [0.25, 0.3) is 11.1 Å². The largest absolute Gasteiger partial charge is 0.487 e. The van der Waals surface area contributed by atoms with Crippen molar-refractivity contribution in [2.24, 2.45) is 0 Å². The first kappa shape index (κ1) is 37.4. The number of amides is 2. The molecule has 0 spiro atoms. The molecule has 0 aliphatic carbocycles. The molecule has 0 aliphatic heterocycles. The van der Waals surface area contributed by atoms with Crippen molar-refractivity contribution in [2.75, 3.05) is 18.4 Å². The van der Waals surface area contributed by atoms with Crippen LogP contribution in [0.15, 0.2) is 121 Å². The molecule has 0 saturated carbocycles. The van der Waals surface area contributed by atoms with Gasteiger partial charge in [-0.05, 0) is 84.5 Å². The molecule has 10 heteroatoms. The molecular weight excluding hydrogens is 669 g/mol. The quantitative estimate of drug-likeness (QED) is 0.127. The van der Waals surface area contributed by atoms with Crippen LogP contribution in [-0.4, -0.2) is 40.9 Å². The van der Waals surface area contributed by atoms with Gasteiger partial charge in [0.2, 0.25) is 0 Å². The maximum atomic E-state index is 13.9. The highest BCUT2D eigenvalue weighted by molar-refractivity contribution is 6.09. The highest BCUT2D eigenvalue weighted by atomic mass is 19.4. The SMILES string of the molecule is CCN(CC)C(=O)c1ccccc1C(CC)(C(=O)O)c1ccc(NC(=O)c2ccccc2-c2ccc(C(F)(F)F)cc2)c(OCc2ccccc2)c1. The van der Waals surface area contributed by atoms with Crippen molar-refractivity contribution < 1.29 is 37.4 Å². The Morgan fingerprint density at radius 2 is 1.33 bits per heavy atom. The molecule has 52 heavy (non-hydrogen) atoms. The van der Waals surface area contributed by atoms with Crippen molar-refractivity contribution in [3.05, 3.63) is 155 Å². The van der Waals surface area contributed by atoms with Crippen LogP contribution in [0.5, 0.6) is 5.75 Å². The van der Waals surface area contributed by atoms with Gasteiger partial charge in [-0.3, -0.25) is 14.4 Å². The summed E-state index contributed by atoms with van der Waals surface area (Å²) in [7, 11) is 0. The number of nitrogens with one attached hydrogen (secondary N) is 1. The molecule has 2 N–H and O–H groups in total. The summed E-state index contributed by atoms with van der Waals surface area (Å²) in [5.41, 5.74) is 0.598. The van der Waals surface area contributed by atoms with Gasteiger partial charge in [-0.15, -0.1) is 0 Å². The first-order chi connectivity index (χ1) is 24.9. The molecule has 2 amide bonds. The minimum atomic E-state index is -4.50. The van der Waals surface area contributed by atoms with Gasteiger partial charge in [-0.1, -0.05) is 91.9 Å². The standard InChI is InChI=1S/C42H39F3N2O5/c1-4-41(40(50)51,35-19-13-12-18-34(35)39(49)47(5-2)6-3)31-24-25-36(37(26-31)52-27-28-14-8-7-9-15-28)46-38(48)33-17-11-10-16-32(33)29-20-22-30(23-21-29)42(43,44)45/h7-26H,4-6,27H2,1-3H3,(H,46,48)(H,50,51). The lowest BCUT2D eigenvalue weighted by atomic mass is 9.70. The molecule has 0 aliphatic rings. The van der Waals surface area contributed by atoms with E-state index in [4.69, 9.17) is 4.74 Å². The predicted octanol–water partition coefficient (Wildman–Crippen LogP) is 9.47. The second-order valence-electron chi connectivity index (χ2n) is 12.1. The zero-order valence-electron chi connectivity index (χ0n) is 29.0. The van der Waals surface area contributed by atoms with Gasteiger partial charge >= 0.3 is 12.1 Å². The van der Waals surface area contributed by atoms with Crippen LogP contribution < -0.4 is 10.1 Å². The number of ether oxygens (including phenoxy) is 1. The van der Waals surface area contributed by atoms with Crippen molar-refractivity contribution in [1.82, 2.24) is 4.90 Å². The van der Waals surface area contributed by atoms with Crippen molar-refractivity contribution in [3.8, 4) is 16.9 Å². The van der Waals surface area contributed by atoms with Crippen molar-refractivity contribution in [3.63, 3.8) is 0 Å². The number of carbonyl (C=O) groups is 3. The summed E-state index contributed by atoms with van der Waals surface area (Å²) in [5.74, 6) is -1.81. The van der Waals surface area contributed by atoms with Crippen molar-refractivity contribution >= 4 is 23.5 Å². The van der Waals surface area contributed by atoms with E-state index in [0.29, 0.717) is 35.3 Å². The van der Waals surface area contributed by atoms with Gasteiger partial charge in [0, 0.05) is 24.2 Å². The number of benzene rings is 5. The zero-order chi connectivity index (χ0) is 37.5. The topological polar surface area (TPSA) is 95.9 Å². The maximum absolute atomic E-state index is 13.9. The molecule has 5 aromatic carbocycles. The van der Waals surface area contributed by atoms with Gasteiger partial charge in [0.05, 0.1) is 11.3 Å². The molecule has 0 radical (unpaired) electrons. The predicted molar refractivity (Wildman–Crippen MR) is 194 cm³/mol. The average molecular weight is 709 g/mol. The van der Waals surface area contributed by atoms with Gasteiger partial charge < -0.3 is 20.1 Å². The number of halogens is 3. The van der Waals surface area contributed by atoms with E-state index in [0.717, 1.165) is 17.7 Å². The van der Waals surface area contributed by atoms with E-state index in [-0.39, 0.29) is 41.5 Å². The Kier molecular flexibility index (Phi) is 11.5. The van der Waals surface area contributed by atoms with Crippen LogP contribution >= 0.6 is 0 Å². The second kappa shape index (κ2) is 16.0. The van der Waals surface area contributed by atoms with E-state index in [2.05, 4.69) is 5.32 Å². The normalized spacial score (nSPS) is 12.4. The number of nitrogens with zero attached hydrogens (tertiary/aromatic N) is 1. The molecule has 0 heterocycles. The number of rotatable bonds is 13. The Morgan fingerprint density at radius 3 is 1.94 bits per heavy atom. The number of hydrogen-bond donors (Lipinski definition) is 2. The highest BCUT2D eigenvalue weighted by Gasteiger charge is 2.44. The Hall–Kier alpha value is -5.90. The smallest absolute Gasteiger partial charge is 0.416 e. The molecule has 268 valence electrons. The van der Waals surface area contributed by atoms with Crippen LogP contribution in [0.2, 0.25) is 0 Å². The number of alkyl halides is 3. The minimum Gasteiger partial charge on any atom is -0.487 e. The van der Waals surface area contributed by atoms with E-state index in [1.54, 1.807) is 78.6 Å². The lowest BCUT2D eigenvalue weighted by molar-refractivity contribution is -0.142. The number of carbonyl (C=O) groups excluding carboxylic acids is 2. The lowest BCUT2D eigenvalue weighted by Crippen LogP contribution is -2.40. The Morgan fingerprint density at radius 1 is 0.731 bits per heavy atom. The average Bonchev–Trinajstić information content (AvgIpc) is 3.15. The van der Waals surface area contributed by atoms with E-state index in [1.165, 1.54) is 12.1 Å². The van der Waals surface area contributed by atoms with Crippen LogP contribution in [0.4, 0.5) is 18.9 Å². The fraction of sp³-hybridized carbons (Fsp3) is 0.214. The Labute approximate surface area is 300 Å². The maximum Gasteiger partial charge on any atom is 0.416 e. The molecule has 0 aromatic heterocycles. The van der Waals surface area contributed by atoms with E-state index >= 15 is 0 Å².